The minimum Gasteiger partial charge on any atom is -0.377 e. The Hall–Kier alpha value is -3.95. The number of nitrogens with zero attached hydrogens (tertiary/aromatic N) is 4. The highest BCUT2D eigenvalue weighted by Gasteiger charge is 2.34. The molecule has 1 aliphatic carbocycles. The molecule has 1 aliphatic heterocycles. The highest BCUT2D eigenvalue weighted by Crippen LogP contribution is 2.36. The Kier molecular flexibility index (Phi) is 5.20. The second-order valence-electron chi connectivity index (χ2n) is 9.23. The van der Waals surface area contributed by atoms with Crippen LogP contribution in [0, 0.1) is 0 Å². The number of aromatic nitrogens is 2. The molecule has 2 aromatic carbocycles. The monoisotopic (exact) mass is 493 g/mol. The number of halogens is 3. The molecule has 0 unspecified atom stereocenters. The number of fused-ring (bicyclic) bond motifs is 1. The normalized spacial score (nSPS) is 16.6. The van der Waals surface area contributed by atoms with Gasteiger partial charge in [-0.3, -0.25) is 9.59 Å². The summed E-state index contributed by atoms with van der Waals surface area (Å²) >= 11 is 0. The van der Waals surface area contributed by atoms with Gasteiger partial charge < -0.3 is 15.1 Å². The van der Waals surface area contributed by atoms with E-state index in [0.717, 1.165) is 24.5 Å². The molecule has 4 aromatic rings. The van der Waals surface area contributed by atoms with Gasteiger partial charge in [-0.25, -0.2) is 9.97 Å². The van der Waals surface area contributed by atoms with Crippen molar-refractivity contribution in [2.45, 2.75) is 25.1 Å². The topological polar surface area (TPSA) is 78.4 Å². The highest BCUT2D eigenvalue weighted by molar-refractivity contribution is 5.99. The molecule has 0 amide bonds. The standard InChI is InChI=1S/C26H22F3N5O2/c27-26(28,29)19-9-8-17-20(32-19)18(15-4-2-1-3-5-15)14-30-25(17)34-12-10-33(11-13-34)22-21(23(35)24(22)36)31-16-6-7-16/h1-5,8-9,14,16,31H,6-7,10-13H2. The molecule has 1 N–H and O–H groups in total. The van der Waals surface area contributed by atoms with Crippen LogP contribution in [-0.2, 0) is 6.18 Å². The first kappa shape index (κ1) is 22.5. The number of piperazine rings is 1. The Bertz CT molecular complexity index is 1520. The lowest BCUT2D eigenvalue weighted by molar-refractivity contribution is -0.140. The van der Waals surface area contributed by atoms with Gasteiger partial charge in [-0.05, 0) is 30.5 Å². The highest BCUT2D eigenvalue weighted by atomic mass is 19.4. The average molecular weight is 493 g/mol. The predicted octanol–water partition coefficient (Wildman–Crippen LogP) is 3.81. The van der Waals surface area contributed by atoms with Crippen molar-refractivity contribution < 1.29 is 13.2 Å². The zero-order valence-electron chi connectivity index (χ0n) is 19.2. The quantitative estimate of drug-likeness (QED) is 0.424. The first-order chi connectivity index (χ1) is 17.3. The van der Waals surface area contributed by atoms with Gasteiger partial charge in [0.05, 0.1) is 5.52 Å². The van der Waals surface area contributed by atoms with Gasteiger partial charge in [0.1, 0.15) is 22.9 Å². The average Bonchev–Trinajstić information content (AvgIpc) is 3.72. The van der Waals surface area contributed by atoms with Crippen molar-refractivity contribution in [3.05, 3.63) is 74.8 Å². The van der Waals surface area contributed by atoms with Crippen LogP contribution in [-0.4, -0.2) is 42.2 Å². The molecule has 7 nitrogen and oxygen atoms in total. The molecule has 0 spiro atoms. The van der Waals surface area contributed by atoms with Crippen LogP contribution in [0.25, 0.3) is 22.0 Å². The van der Waals surface area contributed by atoms with Gasteiger partial charge in [0.25, 0.3) is 10.9 Å². The molecule has 0 atom stereocenters. The summed E-state index contributed by atoms with van der Waals surface area (Å²) in [6.07, 6.45) is -1.01. The maximum Gasteiger partial charge on any atom is 0.433 e. The number of nitrogens with one attached hydrogen (secondary N) is 1. The Labute approximate surface area is 203 Å². The van der Waals surface area contributed by atoms with Crippen molar-refractivity contribution in [2.75, 3.05) is 41.3 Å². The first-order valence-electron chi connectivity index (χ1n) is 11.8. The Morgan fingerprint density at radius 2 is 1.58 bits per heavy atom. The van der Waals surface area contributed by atoms with Gasteiger partial charge in [0.15, 0.2) is 0 Å². The lowest BCUT2D eigenvalue weighted by atomic mass is 10.0. The largest absolute Gasteiger partial charge is 0.433 e. The number of benzene rings is 1. The number of hydrogen-bond acceptors (Lipinski definition) is 7. The summed E-state index contributed by atoms with van der Waals surface area (Å²) < 4.78 is 40.4. The predicted molar refractivity (Wildman–Crippen MR) is 132 cm³/mol. The molecule has 10 heteroatoms. The van der Waals surface area contributed by atoms with E-state index in [1.807, 2.05) is 40.1 Å². The molecule has 0 bridgehead atoms. The van der Waals surface area contributed by atoms with Crippen molar-refractivity contribution in [3.8, 4) is 11.1 Å². The van der Waals surface area contributed by atoms with E-state index in [2.05, 4.69) is 15.3 Å². The molecule has 2 aliphatic rings. The van der Waals surface area contributed by atoms with Crippen LogP contribution in [0.2, 0.25) is 0 Å². The van der Waals surface area contributed by atoms with Crippen molar-refractivity contribution in [2.24, 2.45) is 0 Å². The van der Waals surface area contributed by atoms with Crippen molar-refractivity contribution in [1.29, 1.82) is 0 Å². The fourth-order valence-electron chi connectivity index (χ4n) is 4.73. The zero-order chi connectivity index (χ0) is 25.0. The van der Waals surface area contributed by atoms with E-state index < -0.39 is 22.7 Å². The summed E-state index contributed by atoms with van der Waals surface area (Å²) in [6, 6.07) is 11.8. The van der Waals surface area contributed by atoms with E-state index in [0.29, 0.717) is 54.3 Å². The molecule has 3 heterocycles. The van der Waals surface area contributed by atoms with Crippen LogP contribution in [0.4, 0.5) is 30.4 Å². The van der Waals surface area contributed by atoms with Gasteiger partial charge >= 0.3 is 6.18 Å². The Balaban J connectivity index is 1.32. The molecule has 6 rings (SSSR count). The van der Waals surface area contributed by atoms with Crippen LogP contribution in [0.1, 0.15) is 18.5 Å². The molecule has 1 saturated heterocycles. The minimum atomic E-state index is -4.57. The van der Waals surface area contributed by atoms with Gasteiger partial charge in [-0.15, -0.1) is 0 Å². The molecular weight excluding hydrogens is 471 g/mol. The van der Waals surface area contributed by atoms with E-state index in [9.17, 15) is 22.8 Å². The van der Waals surface area contributed by atoms with Gasteiger partial charge in [-0.2, -0.15) is 13.2 Å². The van der Waals surface area contributed by atoms with Crippen molar-refractivity contribution in [1.82, 2.24) is 9.97 Å². The van der Waals surface area contributed by atoms with Crippen LogP contribution >= 0.6 is 0 Å². The Morgan fingerprint density at radius 3 is 2.25 bits per heavy atom. The van der Waals surface area contributed by atoms with Gasteiger partial charge in [0, 0.05) is 49.4 Å². The van der Waals surface area contributed by atoms with Crippen LogP contribution in [0.5, 0.6) is 0 Å². The summed E-state index contributed by atoms with van der Waals surface area (Å²) in [6.45, 7) is 1.97. The molecule has 184 valence electrons. The summed E-state index contributed by atoms with van der Waals surface area (Å²) in [7, 11) is 0. The summed E-state index contributed by atoms with van der Waals surface area (Å²) in [5, 5.41) is 3.70. The van der Waals surface area contributed by atoms with Gasteiger partial charge in [-0.1, -0.05) is 30.3 Å². The number of pyridine rings is 2. The lowest BCUT2D eigenvalue weighted by Gasteiger charge is -2.38. The van der Waals surface area contributed by atoms with Crippen molar-refractivity contribution in [3.63, 3.8) is 0 Å². The third-order valence-corrected chi connectivity index (χ3v) is 6.79. The number of anilines is 3. The number of rotatable bonds is 5. The van der Waals surface area contributed by atoms with Crippen LogP contribution in [0.15, 0.2) is 58.3 Å². The minimum absolute atomic E-state index is 0.238. The molecule has 2 aromatic heterocycles. The smallest absolute Gasteiger partial charge is 0.377 e. The molecular formula is C26H22F3N5O2. The summed E-state index contributed by atoms with van der Waals surface area (Å²) in [5.41, 5.74) is 0.469. The summed E-state index contributed by atoms with van der Waals surface area (Å²) in [5.74, 6) is 0.548. The van der Waals surface area contributed by atoms with Gasteiger partial charge in [0.2, 0.25) is 0 Å². The van der Waals surface area contributed by atoms with Crippen molar-refractivity contribution >= 4 is 28.1 Å². The SMILES string of the molecule is O=c1c(NC2CC2)c(N2CCN(c3ncc(-c4ccccc4)c4nc(C(F)(F)F)ccc34)CC2)c1=O. The van der Waals surface area contributed by atoms with E-state index >= 15 is 0 Å². The fraction of sp³-hybridized carbons (Fsp3) is 0.308. The van der Waals surface area contributed by atoms with Crippen LogP contribution < -0.4 is 26.0 Å². The maximum absolute atomic E-state index is 13.5. The fourth-order valence-corrected chi connectivity index (χ4v) is 4.73. The first-order valence-corrected chi connectivity index (χ1v) is 11.8. The molecule has 36 heavy (non-hydrogen) atoms. The second-order valence-corrected chi connectivity index (χ2v) is 9.23. The summed E-state index contributed by atoms with van der Waals surface area (Å²) in [4.78, 5) is 36.9. The third-order valence-electron chi connectivity index (χ3n) is 6.79. The van der Waals surface area contributed by atoms with E-state index in [4.69, 9.17) is 0 Å². The number of hydrogen-bond donors (Lipinski definition) is 1. The Morgan fingerprint density at radius 1 is 0.889 bits per heavy atom. The zero-order valence-corrected chi connectivity index (χ0v) is 19.2. The van der Waals surface area contributed by atoms with E-state index in [1.54, 1.807) is 6.20 Å². The number of alkyl halides is 3. The lowest BCUT2D eigenvalue weighted by Crippen LogP contribution is -2.52. The molecule has 1 saturated carbocycles. The molecule has 0 radical (unpaired) electrons. The maximum atomic E-state index is 13.5. The van der Waals surface area contributed by atoms with E-state index in [-0.39, 0.29) is 11.6 Å². The second kappa shape index (κ2) is 8.32. The molecule has 2 fully saturated rings. The third kappa shape index (κ3) is 3.86. The van der Waals surface area contributed by atoms with E-state index in [1.165, 1.54) is 6.07 Å². The van der Waals surface area contributed by atoms with Crippen LogP contribution in [0.3, 0.4) is 0 Å².